The number of aliphatic hydroxyl groups is 1. The number of rotatable bonds is 8. The molecule has 2 heterocycles. The molecule has 1 atom stereocenters. The maximum absolute atomic E-state index is 14.8. The molecule has 0 radical (unpaired) electrons. The number of alkyl halides is 7. The molecule has 1 fully saturated rings. The van der Waals surface area contributed by atoms with E-state index in [9.17, 15) is 58.6 Å². The standard InChI is InChI=1S/C35H25F10N5O3/c36-19-9-17(10-20(37)13-19)11-26(48-27(51)14-50-30-23(6-8-34(30,41)42)29(49-50)35(43,44)45)28-22(18-1-4-25(38)24(12-18)31(46)52)3-2-21(47-28)5-7-32(53)15-33(39,40)16-32/h1-4,9-10,12-13,26,53H,6,8,11,14-16H2,(H2,46,52)(H,48,51). The number of amides is 2. The summed E-state index contributed by atoms with van der Waals surface area (Å²) in [5.74, 6) is -7.64. The van der Waals surface area contributed by atoms with Crippen molar-refractivity contribution in [3.63, 3.8) is 0 Å². The van der Waals surface area contributed by atoms with Crippen molar-refractivity contribution in [2.45, 2.75) is 68.3 Å². The molecule has 0 saturated heterocycles. The molecule has 2 aromatic carbocycles. The Labute approximate surface area is 293 Å². The smallest absolute Gasteiger partial charge is 0.377 e. The van der Waals surface area contributed by atoms with Crippen LogP contribution in [0.4, 0.5) is 43.9 Å². The van der Waals surface area contributed by atoms with E-state index >= 15 is 0 Å². The van der Waals surface area contributed by atoms with Crippen molar-refractivity contribution in [1.82, 2.24) is 20.1 Å². The van der Waals surface area contributed by atoms with Gasteiger partial charge >= 0.3 is 6.18 Å². The lowest BCUT2D eigenvalue weighted by molar-refractivity contribution is -0.176. The summed E-state index contributed by atoms with van der Waals surface area (Å²) in [5.41, 5.74) is -1.29. The Morgan fingerprint density at radius 2 is 1.68 bits per heavy atom. The van der Waals surface area contributed by atoms with Gasteiger partial charge in [-0.05, 0) is 66.3 Å². The van der Waals surface area contributed by atoms with E-state index in [-0.39, 0.29) is 32.8 Å². The zero-order chi connectivity index (χ0) is 38.7. The number of nitrogens with one attached hydrogen (secondary N) is 1. The van der Waals surface area contributed by atoms with Crippen LogP contribution in [0.2, 0.25) is 0 Å². The van der Waals surface area contributed by atoms with Crippen LogP contribution in [0, 0.1) is 29.3 Å². The van der Waals surface area contributed by atoms with Gasteiger partial charge in [-0.15, -0.1) is 0 Å². The number of hydrogen-bond acceptors (Lipinski definition) is 5. The van der Waals surface area contributed by atoms with Gasteiger partial charge in [0.05, 0.1) is 30.1 Å². The van der Waals surface area contributed by atoms with Gasteiger partial charge in [0.2, 0.25) is 5.91 Å². The summed E-state index contributed by atoms with van der Waals surface area (Å²) in [5, 5.41) is 16.1. The van der Waals surface area contributed by atoms with Crippen LogP contribution in [0.3, 0.4) is 0 Å². The fraction of sp³-hybridized carbons (Fsp3) is 0.314. The highest BCUT2D eigenvalue weighted by atomic mass is 19.4. The number of pyridine rings is 1. The van der Waals surface area contributed by atoms with Gasteiger partial charge in [-0.2, -0.15) is 27.1 Å². The topological polar surface area (TPSA) is 123 Å². The molecule has 2 aliphatic carbocycles. The summed E-state index contributed by atoms with van der Waals surface area (Å²) in [6.07, 6.45) is -9.21. The molecule has 2 aliphatic rings. The number of halogens is 10. The molecule has 2 aromatic heterocycles. The average molecular weight is 754 g/mol. The van der Waals surface area contributed by atoms with Crippen molar-refractivity contribution in [2.24, 2.45) is 5.73 Å². The summed E-state index contributed by atoms with van der Waals surface area (Å²) in [6.45, 7) is -1.18. The van der Waals surface area contributed by atoms with Crippen LogP contribution in [-0.4, -0.2) is 43.2 Å². The first-order valence-corrected chi connectivity index (χ1v) is 15.7. The van der Waals surface area contributed by atoms with Crippen molar-refractivity contribution in [2.75, 3.05) is 0 Å². The highest BCUT2D eigenvalue weighted by molar-refractivity contribution is 5.94. The third-order valence-corrected chi connectivity index (χ3v) is 8.67. The van der Waals surface area contributed by atoms with E-state index < -0.39 is 120 Å². The molecule has 2 amide bonds. The second kappa shape index (κ2) is 13.2. The number of hydrogen-bond donors (Lipinski definition) is 3. The number of nitrogens with zero attached hydrogens (tertiary/aromatic N) is 3. The number of primary amides is 1. The predicted octanol–water partition coefficient (Wildman–Crippen LogP) is 6.13. The highest BCUT2D eigenvalue weighted by Gasteiger charge is 2.55. The Hall–Kier alpha value is -5.44. The van der Waals surface area contributed by atoms with E-state index in [0.29, 0.717) is 6.07 Å². The maximum atomic E-state index is 14.8. The van der Waals surface area contributed by atoms with Crippen molar-refractivity contribution in [3.8, 4) is 23.0 Å². The van der Waals surface area contributed by atoms with Gasteiger partial charge in [0.1, 0.15) is 41.0 Å². The van der Waals surface area contributed by atoms with Gasteiger partial charge in [0.25, 0.3) is 17.8 Å². The fourth-order valence-corrected chi connectivity index (χ4v) is 6.45. The van der Waals surface area contributed by atoms with Crippen molar-refractivity contribution in [1.29, 1.82) is 0 Å². The Bertz CT molecular complexity index is 2180. The SMILES string of the molecule is NC(=O)c1cc(-c2ccc(C#CC3(O)CC(F)(F)C3)nc2C(Cc2cc(F)cc(F)c2)NC(=O)Cn2nc(C(F)(F)F)c3c2C(F)(F)CC3)ccc1F. The van der Waals surface area contributed by atoms with Crippen molar-refractivity contribution < 1.29 is 58.6 Å². The van der Waals surface area contributed by atoms with Crippen LogP contribution in [0.1, 0.15) is 69.6 Å². The second-order valence-corrected chi connectivity index (χ2v) is 12.8. The number of benzene rings is 2. The minimum Gasteiger partial charge on any atom is -0.377 e. The molecule has 6 rings (SSSR count). The number of aromatic nitrogens is 3. The number of nitrogens with two attached hydrogens (primary N) is 1. The molecule has 18 heteroatoms. The normalized spacial score (nSPS) is 17.3. The van der Waals surface area contributed by atoms with Gasteiger partial charge in [-0.3, -0.25) is 14.3 Å². The van der Waals surface area contributed by atoms with Crippen LogP contribution in [-0.2, 0) is 36.3 Å². The number of carbonyl (C=O) groups is 2. The molecule has 8 nitrogen and oxygen atoms in total. The molecule has 1 saturated carbocycles. The largest absolute Gasteiger partial charge is 0.435 e. The monoisotopic (exact) mass is 753 g/mol. The van der Waals surface area contributed by atoms with Crippen LogP contribution in [0.15, 0.2) is 48.5 Å². The summed E-state index contributed by atoms with van der Waals surface area (Å²) in [4.78, 5) is 29.9. The van der Waals surface area contributed by atoms with Crippen LogP contribution in [0.25, 0.3) is 11.1 Å². The number of carbonyl (C=O) groups excluding carboxylic acids is 2. The quantitative estimate of drug-likeness (QED) is 0.148. The lowest BCUT2D eigenvalue weighted by Gasteiger charge is -2.39. The van der Waals surface area contributed by atoms with E-state index in [1.807, 2.05) is 0 Å². The Balaban J connectivity index is 1.46. The lowest BCUT2D eigenvalue weighted by Crippen LogP contribution is -2.50. The van der Waals surface area contributed by atoms with Crippen LogP contribution >= 0.6 is 0 Å². The maximum Gasteiger partial charge on any atom is 0.435 e. The first-order valence-electron chi connectivity index (χ1n) is 15.7. The van der Waals surface area contributed by atoms with Crippen LogP contribution in [0.5, 0.6) is 0 Å². The number of fused-ring (bicyclic) bond motifs is 1. The molecule has 4 N–H and O–H groups in total. The minimum atomic E-state index is -5.13. The zero-order valence-corrected chi connectivity index (χ0v) is 26.9. The summed E-state index contributed by atoms with van der Waals surface area (Å²) < 4.78 is 141. The van der Waals surface area contributed by atoms with Gasteiger partial charge in [-0.1, -0.05) is 12.0 Å². The summed E-state index contributed by atoms with van der Waals surface area (Å²) in [7, 11) is 0. The van der Waals surface area contributed by atoms with Gasteiger partial charge in [0, 0.05) is 23.6 Å². The molecule has 0 aliphatic heterocycles. The Morgan fingerprint density at radius 3 is 2.30 bits per heavy atom. The Morgan fingerprint density at radius 1 is 1.00 bits per heavy atom. The second-order valence-electron chi connectivity index (χ2n) is 12.8. The minimum absolute atomic E-state index is 0.0139. The lowest BCUT2D eigenvalue weighted by atomic mass is 9.77. The molecular weight excluding hydrogens is 728 g/mol. The highest BCUT2D eigenvalue weighted by Crippen LogP contribution is 2.47. The summed E-state index contributed by atoms with van der Waals surface area (Å²) >= 11 is 0. The summed E-state index contributed by atoms with van der Waals surface area (Å²) in [6, 6.07) is 6.43. The van der Waals surface area contributed by atoms with Gasteiger partial charge < -0.3 is 16.2 Å². The van der Waals surface area contributed by atoms with E-state index in [2.05, 4.69) is 27.2 Å². The van der Waals surface area contributed by atoms with Crippen molar-refractivity contribution >= 4 is 11.8 Å². The molecule has 0 bridgehead atoms. The van der Waals surface area contributed by atoms with Crippen LogP contribution < -0.4 is 11.1 Å². The predicted molar refractivity (Wildman–Crippen MR) is 165 cm³/mol. The molecule has 53 heavy (non-hydrogen) atoms. The zero-order valence-electron chi connectivity index (χ0n) is 26.9. The Kier molecular flexibility index (Phi) is 9.30. The van der Waals surface area contributed by atoms with Gasteiger partial charge in [0.15, 0.2) is 5.69 Å². The van der Waals surface area contributed by atoms with E-state index in [1.165, 1.54) is 18.2 Å². The van der Waals surface area contributed by atoms with Crippen molar-refractivity contribution in [3.05, 3.63) is 105 Å². The van der Waals surface area contributed by atoms with E-state index in [1.54, 1.807) is 0 Å². The first-order chi connectivity index (χ1) is 24.6. The molecule has 1 unspecified atom stereocenters. The molecular formula is C35H25F10N5O3. The molecule has 4 aromatic rings. The fourth-order valence-electron chi connectivity index (χ4n) is 6.45. The van der Waals surface area contributed by atoms with E-state index in [4.69, 9.17) is 5.73 Å². The molecule has 278 valence electrons. The third kappa shape index (κ3) is 7.84. The average Bonchev–Trinajstić information content (AvgIpc) is 3.56. The molecule has 0 spiro atoms. The van der Waals surface area contributed by atoms with E-state index in [0.717, 1.165) is 24.3 Å². The van der Waals surface area contributed by atoms with Gasteiger partial charge in [-0.25, -0.2) is 26.9 Å². The third-order valence-electron chi connectivity index (χ3n) is 8.67. The first kappa shape index (κ1) is 37.3.